The lowest BCUT2D eigenvalue weighted by Gasteiger charge is -1.93. The molecule has 1 aromatic carbocycles. The SMILES string of the molecule is N#Cc1ccc(F)cc1C#CC(N)=O. The Kier molecular flexibility index (Phi) is 2.83. The molecule has 0 bridgehead atoms. The van der Waals surface area contributed by atoms with Crippen molar-refractivity contribution in [1.82, 2.24) is 0 Å². The monoisotopic (exact) mass is 188 g/mol. The largest absolute Gasteiger partial charge is 0.359 e. The summed E-state index contributed by atoms with van der Waals surface area (Å²) in [6.45, 7) is 0. The van der Waals surface area contributed by atoms with E-state index in [0.717, 1.165) is 12.1 Å². The second-order valence-electron chi connectivity index (χ2n) is 2.42. The zero-order valence-corrected chi connectivity index (χ0v) is 7.04. The molecule has 0 aliphatic carbocycles. The molecule has 0 radical (unpaired) electrons. The molecule has 0 saturated heterocycles. The first-order valence-electron chi connectivity index (χ1n) is 3.64. The molecule has 0 heterocycles. The Labute approximate surface area is 79.9 Å². The highest BCUT2D eigenvalue weighted by Crippen LogP contribution is 2.08. The summed E-state index contributed by atoms with van der Waals surface area (Å²) in [5.74, 6) is 3.02. The Morgan fingerprint density at radius 1 is 1.43 bits per heavy atom. The molecule has 1 aromatic rings. The number of carbonyl (C=O) groups excluding carboxylic acids is 1. The standard InChI is InChI=1S/C10H5FN2O/c11-9-3-1-8(6-12)7(5-9)2-4-10(13)14/h1,3,5H,(H2,13,14). The highest BCUT2D eigenvalue weighted by molar-refractivity contribution is 5.92. The van der Waals surface area contributed by atoms with Gasteiger partial charge >= 0.3 is 0 Å². The van der Waals surface area contributed by atoms with Crippen LogP contribution < -0.4 is 5.73 Å². The van der Waals surface area contributed by atoms with Crippen molar-refractivity contribution in [2.75, 3.05) is 0 Å². The predicted molar refractivity (Wildman–Crippen MR) is 47.2 cm³/mol. The number of halogens is 1. The van der Waals surface area contributed by atoms with Gasteiger partial charge in [-0.05, 0) is 18.2 Å². The third-order valence-electron chi connectivity index (χ3n) is 1.42. The minimum absolute atomic E-state index is 0.159. The van der Waals surface area contributed by atoms with Crippen LogP contribution in [0.4, 0.5) is 4.39 Å². The van der Waals surface area contributed by atoms with Gasteiger partial charge in [-0.3, -0.25) is 4.79 Å². The number of amides is 1. The van der Waals surface area contributed by atoms with Gasteiger partial charge in [0.2, 0.25) is 0 Å². The minimum Gasteiger partial charge on any atom is -0.359 e. The highest BCUT2D eigenvalue weighted by atomic mass is 19.1. The Morgan fingerprint density at radius 2 is 2.14 bits per heavy atom. The summed E-state index contributed by atoms with van der Waals surface area (Å²) in [6, 6.07) is 5.34. The molecule has 1 amide bonds. The molecule has 0 unspecified atom stereocenters. The number of primary amides is 1. The van der Waals surface area contributed by atoms with Crippen LogP contribution in [0.5, 0.6) is 0 Å². The number of rotatable bonds is 0. The third-order valence-corrected chi connectivity index (χ3v) is 1.42. The molecule has 0 atom stereocenters. The van der Waals surface area contributed by atoms with Crippen LogP contribution in [0.3, 0.4) is 0 Å². The van der Waals surface area contributed by atoms with E-state index in [9.17, 15) is 9.18 Å². The normalized spacial score (nSPS) is 8.29. The average Bonchev–Trinajstić information content (AvgIpc) is 2.15. The molecule has 1 rings (SSSR count). The van der Waals surface area contributed by atoms with Gasteiger partial charge in [-0.2, -0.15) is 5.26 Å². The van der Waals surface area contributed by atoms with Crippen LogP contribution in [0.15, 0.2) is 18.2 Å². The molecule has 0 fully saturated rings. The molecule has 3 nitrogen and oxygen atoms in total. The smallest absolute Gasteiger partial charge is 0.293 e. The van der Waals surface area contributed by atoms with Gasteiger partial charge in [-0.25, -0.2) is 4.39 Å². The minimum atomic E-state index is -0.821. The topological polar surface area (TPSA) is 66.9 Å². The van der Waals surface area contributed by atoms with E-state index in [-0.39, 0.29) is 11.1 Å². The fourth-order valence-electron chi connectivity index (χ4n) is 0.846. The van der Waals surface area contributed by atoms with Crippen LogP contribution in [0.1, 0.15) is 11.1 Å². The molecular formula is C10H5FN2O. The van der Waals surface area contributed by atoms with Gasteiger partial charge in [0.1, 0.15) is 11.9 Å². The van der Waals surface area contributed by atoms with Crippen LogP contribution in [-0.4, -0.2) is 5.91 Å². The van der Waals surface area contributed by atoms with Gasteiger partial charge in [0.25, 0.3) is 5.91 Å². The maximum atomic E-state index is 12.7. The molecule has 0 aliphatic rings. The van der Waals surface area contributed by atoms with Crippen molar-refractivity contribution in [2.24, 2.45) is 5.73 Å². The third kappa shape index (κ3) is 2.33. The number of nitrogens with zero attached hydrogens (tertiary/aromatic N) is 1. The average molecular weight is 188 g/mol. The first kappa shape index (κ1) is 9.76. The number of nitriles is 1. The maximum Gasteiger partial charge on any atom is 0.293 e. The van der Waals surface area contributed by atoms with Gasteiger partial charge in [-0.15, -0.1) is 0 Å². The van der Waals surface area contributed by atoms with E-state index in [4.69, 9.17) is 11.0 Å². The summed E-state index contributed by atoms with van der Waals surface area (Å²) in [4.78, 5) is 10.3. The van der Waals surface area contributed by atoms with E-state index in [1.165, 1.54) is 6.07 Å². The van der Waals surface area contributed by atoms with Crippen molar-refractivity contribution < 1.29 is 9.18 Å². The Morgan fingerprint density at radius 3 is 2.71 bits per heavy atom. The lowest BCUT2D eigenvalue weighted by Crippen LogP contribution is -2.06. The van der Waals surface area contributed by atoms with Gasteiger partial charge in [0, 0.05) is 11.5 Å². The second kappa shape index (κ2) is 4.06. The van der Waals surface area contributed by atoms with Gasteiger partial charge in [0.15, 0.2) is 0 Å². The van der Waals surface area contributed by atoms with E-state index < -0.39 is 11.7 Å². The molecule has 0 aliphatic heterocycles. The van der Waals surface area contributed by atoms with E-state index in [1.54, 1.807) is 0 Å². The van der Waals surface area contributed by atoms with E-state index in [1.807, 2.05) is 12.0 Å². The zero-order valence-electron chi connectivity index (χ0n) is 7.04. The molecule has 14 heavy (non-hydrogen) atoms. The molecule has 2 N–H and O–H groups in total. The summed E-state index contributed by atoms with van der Waals surface area (Å²) in [6.07, 6.45) is 0. The molecule has 0 aromatic heterocycles. The van der Waals surface area contributed by atoms with Gasteiger partial charge in [-0.1, -0.05) is 5.92 Å². The molecular weight excluding hydrogens is 183 g/mol. The highest BCUT2D eigenvalue weighted by Gasteiger charge is 2.00. The van der Waals surface area contributed by atoms with Crippen molar-refractivity contribution in [1.29, 1.82) is 5.26 Å². The summed E-state index contributed by atoms with van der Waals surface area (Å²) in [7, 11) is 0. The summed E-state index contributed by atoms with van der Waals surface area (Å²) in [5.41, 5.74) is 5.15. The fourth-order valence-corrected chi connectivity index (χ4v) is 0.846. The summed E-state index contributed by atoms with van der Waals surface area (Å²) >= 11 is 0. The number of carbonyl (C=O) groups is 1. The van der Waals surface area contributed by atoms with Gasteiger partial charge < -0.3 is 5.73 Å². The Bertz CT molecular complexity index is 477. The number of nitrogens with two attached hydrogens (primary N) is 1. The molecule has 4 heteroatoms. The molecule has 0 saturated carbocycles. The van der Waals surface area contributed by atoms with Crippen molar-refractivity contribution in [2.45, 2.75) is 0 Å². The lowest BCUT2D eigenvalue weighted by molar-refractivity contribution is -0.112. The maximum absolute atomic E-state index is 12.7. The predicted octanol–water partition coefficient (Wildman–Crippen LogP) is 0.534. The van der Waals surface area contributed by atoms with E-state index in [0.29, 0.717) is 0 Å². The van der Waals surface area contributed by atoms with Crippen molar-refractivity contribution in [3.8, 4) is 17.9 Å². The van der Waals surface area contributed by atoms with Crippen LogP contribution in [0.2, 0.25) is 0 Å². The van der Waals surface area contributed by atoms with E-state index >= 15 is 0 Å². The number of hydrogen-bond acceptors (Lipinski definition) is 2. The summed E-state index contributed by atoms with van der Waals surface area (Å²) in [5, 5.41) is 8.62. The number of hydrogen-bond donors (Lipinski definition) is 1. The van der Waals surface area contributed by atoms with Crippen LogP contribution in [-0.2, 0) is 4.79 Å². The first-order chi connectivity index (χ1) is 6.63. The number of benzene rings is 1. The zero-order chi connectivity index (χ0) is 10.6. The van der Waals surface area contributed by atoms with Crippen molar-refractivity contribution >= 4 is 5.91 Å². The molecule has 68 valence electrons. The quantitative estimate of drug-likeness (QED) is 0.603. The van der Waals surface area contributed by atoms with Crippen molar-refractivity contribution in [3.05, 3.63) is 35.1 Å². The first-order valence-corrected chi connectivity index (χ1v) is 3.64. The lowest BCUT2D eigenvalue weighted by atomic mass is 10.1. The Hall–Kier alpha value is -2.33. The van der Waals surface area contributed by atoms with Crippen molar-refractivity contribution in [3.63, 3.8) is 0 Å². The second-order valence-corrected chi connectivity index (χ2v) is 2.42. The van der Waals surface area contributed by atoms with E-state index in [2.05, 4.69) is 5.92 Å². The van der Waals surface area contributed by atoms with Gasteiger partial charge in [0.05, 0.1) is 5.56 Å². The summed E-state index contributed by atoms with van der Waals surface area (Å²) < 4.78 is 12.7. The van der Waals surface area contributed by atoms with Crippen LogP contribution in [0, 0.1) is 29.0 Å². The Balaban J connectivity index is 3.21. The van der Waals surface area contributed by atoms with Crippen LogP contribution >= 0.6 is 0 Å². The van der Waals surface area contributed by atoms with Crippen LogP contribution in [0.25, 0.3) is 0 Å². The fraction of sp³-hybridized carbons (Fsp3) is 0. The molecule has 0 spiro atoms.